The van der Waals surface area contributed by atoms with Gasteiger partial charge in [-0.25, -0.2) is 4.39 Å². The van der Waals surface area contributed by atoms with Crippen LogP contribution in [0.3, 0.4) is 0 Å². The van der Waals surface area contributed by atoms with Gasteiger partial charge in [-0.15, -0.1) is 0 Å². The first-order valence-corrected chi connectivity index (χ1v) is 9.90. The molecule has 1 aliphatic rings. The molecule has 0 fully saturated rings. The van der Waals surface area contributed by atoms with E-state index < -0.39 is 0 Å². The highest BCUT2D eigenvalue weighted by Gasteiger charge is 2.15. The van der Waals surface area contributed by atoms with Gasteiger partial charge in [-0.2, -0.15) is 0 Å². The highest BCUT2D eigenvalue weighted by atomic mass is 19.1. The van der Waals surface area contributed by atoms with E-state index in [9.17, 15) is 14.0 Å². The summed E-state index contributed by atoms with van der Waals surface area (Å²) in [5.41, 5.74) is 2.70. The van der Waals surface area contributed by atoms with Crippen LogP contribution in [0.15, 0.2) is 66.7 Å². The number of hydrogen-bond acceptors (Lipinski definition) is 4. The molecule has 3 aromatic carbocycles. The molecular formula is C24H21FN2O4. The number of nitrogens with one attached hydrogen (secondary N) is 2. The minimum atomic E-state index is -0.317. The topological polar surface area (TPSA) is 76.7 Å². The normalized spacial score (nSPS) is 12.5. The van der Waals surface area contributed by atoms with Crippen LogP contribution in [0.2, 0.25) is 0 Å². The fourth-order valence-electron chi connectivity index (χ4n) is 3.16. The SMILES string of the molecule is O=C(COc1ccc2c(c1)CCC(=O)N2)NCc1ccc(Oc2ccc(F)cc2)cc1. The third-order valence-electron chi connectivity index (χ3n) is 4.80. The number of carbonyl (C=O) groups is 2. The molecule has 1 aliphatic heterocycles. The molecule has 0 unspecified atom stereocenters. The van der Waals surface area contributed by atoms with Crippen LogP contribution in [0.25, 0.3) is 0 Å². The van der Waals surface area contributed by atoms with Crippen molar-refractivity contribution in [2.75, 3.05) is 11.9 Å². The van der Waals surface area contributed by atoms with Crippen molar-refractivity contribution in [2.45, 2.75) is 19.4 Å². The van der Waals surface area contributed by atoms with Crippen molar-refractivity contribution < 1.29 is 23.5 Å². The lowest BCUT2D eigenvalue weighted by Crippen LogP contribution is -2.28. The van der Waals surface area contributed by atoms with Gasteiger partial charge >= 0.3 is 0 Å². The number of benzene rings is 3. The Hall–Kier alpha value is -3.87. The molecule has 2 N–H and O–H groups in total. The molecule has 0 saturated carbocycles. The number of anilines is 1. The van der Waals surface area contributed by atoms with Crippen molar-refractivity contribution >= 4 is 17.5 Å². The summed E-state index contributed by atoms with van der Waals surface area (Å²) >= 11 is 0. The van der Waals surface area contributed by atoms with Crippen LogP contribution in [0.1, 0.15) is 17.5 Å². The smallest absolute Gasteiger partial charge is 0.258 e. The van der Waals surface area contributed by atoms with Crippen molar-refractivity contribution in [3.8, 4) is 17.2 Å². The van der Waals surface area contributed by atoms with Crippen LogP contribution in [-0.2, 0) is 22.6 Å². The van der Waals surface area contributed by atoms with Gasteiger partial charge in [-0.1, -0.05) is 12.1 Å². The summed E-state index contributed by atoms with van der Waals surface area (Å²) in [4.78, 5) is 23.5. The molecule has 3 aromatic rings. The fourth-order valence-corrected chi connectivity index (χ4v) is 3.16. The predicted octanol–water partition coefficient (Wildman–Crippen LogP) is 4.20. The largest absolute Gasteiger partial charge is 0.484 e. The monoisotopic (exact) mass is 420 g/mol. The first kappa shape index (κ1) is 20.4. The first-order valence-electron chi connectivity index (χ1n) is 9.90. The summed E-state index contributed by atoms with van der Waals surface area (Å²) in [5.74, 6) is 1.21. The van der Waals surface area contributed by atoms with E-state index in [0.717, 1.165) is 16.8 Å². The first-order chi connectivity index (χ1) is 15.0. The zero-order valence-corrected chi connectivity index (χ0v) is 16.7. The van der Waals surface area contributed by atoms with Crippen molar-refractivity contribution in [1.82, 2.24) is 5.32 Å². The van der Waals surface area contributed by atoms with Gasteiger partial charge in [0, 0.05) is 18.7 Å². The van der Waals surface area contributed by atoms with E-state index in [2.05, 4.69) is 10.6 Å². The van der Waals surface area contributed by atoms with E-state index in [1.807, 2.05) is 18.2 Å². The number of aryl methyl sites for hydroxylation is 1. The van der Waals surface area contributed by atoms with E-state index in [4.69, 9.17) is 9.47 Å². The number of hydrogen-bond donors (Lipinski definition) is 2. The summed E-state index contributed by atoms with van der Waals surface area (Å²) in [7, 11) is 0. The Bertz CT molecular complexity index is 1080. The zero-order chi connectivity index (χ0) is 21.6. The Morgan fingerprint density at radius 1 is 0.935 bits per heavy atom. The third-order valence-corrected chi connectivity index (χ3v) is 4.80. The maximum absolute atomic E-state index is 12.9. The Morgan fingerprint density at radius 3 is 2.35 bits per heavy atom. The van der Waals surface area contributed by atoms with Gasteiger partial charge in [-0.3, -0.25) is 9.59 Å². The van der Waals surface area contributed by atoms with E-state index >= 15 is 0 Å². The zero-order valence-electron chi connectivity index (χ0n) is 16.7. The molecule has 0 saturated heterocycles. The Labute approximate surface area is 179 Å². The van der Waals surface area contributed by atoms with Gasteiger partial charge in [-0.05, 0) is 72.1 Å². The van der Waals surface area contributed by atoms with Crippen molar-refractivity contribution in [3.05, 3.63) is 83.7 Å². The minimum absolute atomic E-state index is 0.00981. The van der Waals surface area contributed by atoms with Crippen LogP contribution < -0.4 is 20.1 Å². The quantitative estimate of drug-likeness (QED) is 0.601. The number of halogens is 1. The second-order valence-electron chi connectivity index (χ2n) is 7.13. The number of rotatable bonds is 7. The standard InChI is InChI=1S/C24H21FN2O4/c25-18-4-8-20(9-5-18)31-19-6-1-16(2-7-19)14-26-24(29)15-30-21-10-11-22-17(13-21)3-12-23(28)27-22/h1-2,4-11,13H,3,12,14-15H2,(H,26,29)(H,27,28). The predicted molar refractivity (Wildman–Crippen MR) is 114 cm³/mol. The average Bonchev–Trinajstić information content (AvgIpc) is 2.78. The number of fused-ring (bicyclic) bond motifs is 1. The maximum Gasteiger partial charge on any atom is 0.258 e. The molecular weight excluding hydrogens is 399 g/mol. The van der Waals surface area contributed by atoms with Gasteiger partial charge in [0.25, 0.3) is 5.91 Å². The van der Waals surface area contributed by atoms with Crippen LogP contribution in [0.5, 0.6) is 17.2 Å². The Morgan fingerprint density at radius 2 is 1.61 bits per heavy atom. The number of amides is 2. The van der Waals surface area contributed by atoms with Gasteiger partial charge in [0.2, 0.25) is 5.91 Å². The van der Waals surface area contributed by atoms with Gasteiger partial charge in [0.05, 0.1) is 0 Å². The van der Waals surface area contributed by atoms with Crippen molar-refractivity contribution in [3.63, 3.8) is 0 Å². The molecule has 158 valence electrons. The Kier molecular flexibility index (Phi) is 6.12. The molecule has 6 nitrogen and oxygen atoms in total. The van der Waals surface area contributed by atoms with E-state index in [1.165, 1.54) is 12.1 Å². The average molecular weight is 420 g/mol. The lowest BCUT2D eigenvalue weighted by atomic mass is 10.0. The third kappa shape index (κ3) is 5.60. The van der Waals surface area contributed by atoms with Gasteiger partial charge in [0.15, 0.2) is 6.61 Å². The number of carbonyl (C=O) groups excluding carboxylic acids is 2. The highest BCUT2D eigenvalue weighted by Crippen LogP contribution is 2.26. The van der Waals surface area contributed by atoms with Crippen LogP contribution in [0, 0.1) is 5.82 Å². The fraction of sp³-hybridized carbons (Fsp3) is 0.167. The van der Waals surface area contributed by atoms with E-state index in [-0.39, 0.29) is 24.2 Å². The second kappa shape index (κ2) is 9.30. The summed E-state index contributed by atoms with van der Waals surface area (Å²) in [6.07, 6.45) is 1.11. The summed E-state index contributed by atoms with van der Waals surface area (Å²) in [6.45, 7) is 0.256. The molecule has 31 heavy (non-hydrogen) atoms. The molecule has 0 bridgehead atoms. The molecule has 2 amide bonds. The van der Waals surface area contributed by atoms with Crippen LogP contribution in [0.4, 0.5) is 10.1 Å². The van der Waals surface area contributed by atoms with Crippen molar-refractivity contribution in [1.29, 1.82) is 0 Å². The molecule has 0 aliphatic carbocycles. The second-order valence-corrected chi connectivity index (χ2v) is 7.13. The maximum atomic E-state index is 12.9. The molecule has 7 heteroatoms. The highest BCUT2D eigenvalue weighted by molar-refractivity contribution is 5.94. The molecule has 0 atom stereocenters. The molecule has 4 rings (SSSR count). The molecule has 0 spiro atoms. The van der Waals surface area contributed by atoms with Crippen molar-refractivity contribution in [2.24, 2.45) is 0 Å². The molecule has 0 radical (unpaired) electrons. The van der Waals surface area contributed by atoms with Gasteiger partial charge < -0.3 is 20.1 Å². The minimum Gasteiger partial charge on any atom is -0.484 e. The summed E-state index contributed by atoms with van der Waals surface area (Å²) < 4.78 is 24.2. The van der Waals surface area contributed by atoms with E-state index in [0.29, 0.717) is 36.6 Å². The molecule has 1 heterocycles. The summed E-state index contributed by atoms with van der Waals surface area (Å²) in [6, 6.07) is 18.4. The number of ether oxygens (including phenoxy) is 2. The lowest BCUT2D eigenvalue weighted by Gasteiger charge is -2.17. The molecule has 0 aromatic heterocycles. The lowest BCUT2D eigenvalue weighted by molar-refractivity contribution is -0.123. The van der Waals surface area contributed by atoms with Crippen LogP contribution >= 0.6 is 0 Å². The van der Waals surface area contributed by atoms with E-state index in [1.54, 1.807) is 36.4 Å². The Balaban J connectivity index is 1.23. The summed E-state index contributed by atoms with van der Waals surface area (Å²) in [5, 5.41) is 5.62. The van der Waals surface area contributed by atoms with Gasteiger partial charge in [0.1, 0.15) is 23.1 Å². The van der Waals surface area contributed by atoms with Crippen LogP contribution in [-0.4, -0.2) is 18.4 Å².